The number of ether oxygens (including phenoxy) is 1. The molecule has 0 aromatic carbocycles. The lowest BCUT2D eigenvalue weighted by Crippen LogP contribution is -2.34. The van der Waals surface area contributed by atoms with Gasteiger partial charge in [0.15, 0.2) is 10.8 Å². The van der Waals surface area contributed by atoms with E-state index in [0.717, 1.165) is 5.76 Å². The van der Waals surface area contributed by atoms with Crippen molar-refractivity contribution >= 4 is 17.2 Å². The van der Waals surface area contributed by atoms with Crippen molar-refractivity contribution < 1.29 is 19.1 Å². The maximum atomic E-state index is 12.0. The monoisotopic (exact) mass is 336 g/mol. The van der Waals surface area contributed by atoms with Crippen LogP contribution >= 0.6 is 11.3 Å². The number of hydrogen-bond acceptors (Lipinski definition) is 6. The molecule has 0 spiro atoms. The first-order chi connectivity index (χ1) is 11.1. The van der Waals surface area contributed by atoms with Gasteiger partial charge in [-0.05, 0) is 37.8 Å². The molecule has 1 unspecified atom stereocenters. The van der Waals surface area contributed by atoms with Crippen molar-refractivity contribution in [2.24, 2.45) is 5.92 Å². The normalized spacial score (nSPS) is 15.6. The fourth-order valence-corrected chi connectivity index (χ4v) is 2.82. The predicted molar refractivity (Wildman–Crippen MR) is 86.4 cm³/mol. The summed E-state index contributed by atoms with van der Waals surface area (Å²) >= 11 is 1.35. The predicted octanol–water partition coefficient (Wildman–Crippen LogP) is 2.23. The summed E-state index contributed by atoms with van der Waals surface area (Å²) in [6, 6.07) is 3.69. The van der Waals surface area contributed by atoms with Crippen molar-refractivity contribution in [3.63, 3.8) is 0 Å². The molecule has 2 aromatic rings. The zero-order valence-electron chi connectivity index (χ0n) is 12.9. The molecule has 1 amide bonds. The molecule has 1 saturated carbocycles. The number of furan rings is 1. The third kappa shape index (κ3) is 4.63. The minimum absolute atomic E-state index is 0.149. The van der Waals surface area contributed by atoms with E-state index in [2.05, 4.69) is 10.3 Å². The first kappa shape index (κ1) is 16.2. The Morgan fingerprint density at radius 1 is 1.57 bits per heavy atom. The molecule has 1 fully saturated rings. The lowest BCUT2D eigenvalue weighted by atomic mass is 10.3. The first-order valence-electron chi connectivity index (χ1n) is 7.68. The fraction of sp³-hybridized carbons (Fsp3) is 0.500. The van der Waals surface area contributed by atoms with Crippen molar-refractivity contribution in [1.29, 1.82) is 0 Å². The molecule has 2 aromatic heterocycles. The zero-order chi connectivity index (χ0) is 16.2. The number of carbonyl (C=O) groups excluding carboxylic acids is 1. The number of aliphatic hydroxyl groups excluding tert-OH is 1. The summed E-state index contributed by atoms with van der Waals surface area (Å²) in [5.41, 5.74) is 0.324. The minimum Gasteiger partial charge on any atom is -0.459 e. The number of rotatable bonds is 8. The molecule has 0 aliphatic heterocycles. The van der Waals surface area contributed by atoms with Gasteiger partial charge in [-0.25, -0.2) is 4.98 Å². The van der Waals surface area contributed by atoms with Crippen molar-refractivity contribution in [2.75, 3.05) is 19.8 Å². The number of nitrogens with one attached hydrogen (secondary N) is 1. The van der Waals surface area contributed by atoms with E-state index in [1.165, 1.54) is 24.2 Å². The van der Waals surface area contributed by atoms with Crippen LogP contribution in [0.4, 0.5) is 0 Å². The third-order valence-corrected chi connectivity index (χ3v) is 4.40. The zero-order valence-corrected chi connectivity index (χ0v) is 13.8. The Labute approximate surface area is 138 Å². The molecule has 0 bridgehead atoms. The van der Waals surface area contributed by atoms with Gasteiger partial charge in [0.05, 0.1) is 12.7 Å². The number of aliphatic hydroxyl groups is 1. The molecule has 1 aliphatic carbocycles. The molecule has 0 radical (unpaired) electrons. The maximum Gasteiger partial charge on any atom is 0.270 e. The van der Waals surface area contributed by atoms with Gasteiger partial charge in [0.25, 0.3) is 5.91 Å². The van der Waals surface area contributed by atoms with Crippen LogP contribution in [-0.2, 0) is 4.74 Å². The fourth-order valence-electron chi connectivity index (χ4n) is 2.06. The van der Waals surface area contributed by atoms with E-state index in [9.17, 15) is 9.90 Å². The van der Waals surface area contributed by atoms with Crippen molar-refractivity contribution in [3.05, 3.63) is 29.0 Å². The van der Waals surface area contributed by atoms with Gasteiger partial charge in [-0.3, -0.25) is 4.79 Å². The molecule has 7 heteroatoms. The number of nitrogens with zero attached hydrogens (tertiary/aromatic N) is 1. The number of amides is 1. The highest BCUT2D eigenvalue weighted by atomic mass is 32.1. The SMILES string of the molecule is Cc1ccc(-c2nc(C(=O)NCC(O)COCC3CC3)cs2)o1. The van der Waals surface area contributed by atoms with E-state index in [-0.39, 0.29) is 19.1 Å². The van der Waals surface area contributed by atoms with Crippen LogP contribution in [-0.4, -0.2) is 41.9 Å². The van der Waals surface area contributed by atoms with Gasteiger partial charge < -0.3 is 19.6 Å². The van der Waals surface area contributed by atoms with Crippen LogP contribution in [0.15, 0.2) is 21.9 Å². The number of thiazole rings is 1. The number of carbonyl (C=O) groups is 1. The maximum absolute atomic E-state index is 12.0. The van der Waals surface area contributed by atoms with E-state index in [1.807, 2.05) is 19.1 Å². The lowest BCUT2D eigenvalue weighted by Gasteiger charge is -2.11. The van der Waals surface area contributed by atoms with E-state index in [1.54, 1.807) is 5.38 Å². The van der Waals surface area contributed by atoms with Gasteiger partial charge in [-0.1, -0.05) is 0 Å². The molecule has 23 heavy (non-hydrogen) atoms. The molecule has 3 rings (SSSR count). The van der Waals surface area contributed by atoms with Crippen molar-refractivity contribution in [1.82, 2.24) is 10.3 Å². The topological polar surface area (TPSA) is 84.6 Å². The Morgan fingerprint density at radius 2 is 2.39 bits per heavy atom. The second-order valence-electron chi connectivity index (χ2n) is 5.79. The van der Waals surface area contributed by atoms with E-state index in [4.69, 9.17) is 9.15 Å². The van der Waals surface area contributed by atoms with Crippen LogP contribution in [0.2, 0.25) is 0 Å². The summed E-state index contributed by atoms with van der Waals surface area (Å²) in [4.78, 5) is 16.3. The van der Waals surface area contributed by atoms with Gasteiger partial charge in [0.1, 0.15) is 11.5 Å². The van der Waals surface area contributed by atoms with Crippen molar-refractivity contribution in [2.45, 2.75) is 25.9 Å². The molecule has 2 N–H and O–H groups in total. The molecule has 124 valence electrons. The Hall–Kier alpha value is -1.70. The highest BCUT2D eigenvalue weighted by Crippen LogP contribution is 2.28. The largest absolute Gasteiger partial charge is 0.459 e. The molecular weight excluding hydrogens is 316 g/mol. The standard InChI is InChI=1S/C16H20N2O4S/c1-10-2-5-14(22-10)16-18-13(9-23-16)15(20)17-6-12(19)8-21-7-11-3-4-11/h2,5,9,11-12,19H,3-4,6-8H2,1H3,(H,17,20). The van der Waals surface area contributed by atoms with Crippen LogP contribution in [0.3, 0.4) is 0 Å². The Balaban J connectivity index is 1.45. The van der Waals surface area contributed by atoms with Gasteiger partial charge in [-0.15, -0.1) is 11.3 Å². The molecule has 6 nitrogen and oxygen atoms in total. The smallest absolute Gasteiger partial charge is 0.270 e. The lowest BCUT2D eigenvalue weighted by molar-refractivity contribution is 0.0320. The van der Waals surface area contributed by atoms with Crippen LogP contribution in [0, 0.1) is 12.8 Å². The summed E-state index contributed by atoms with van der Waals surface area (Å²) in [6.45, 7) is 2.95. The third-order valence-electron chi connectivity index (χ3n) is 3.55. The van der Waals surface area contributed by atoms with Crippen molar-refractivity contribution in [3.8, 4) is 10.8 Å². The van der Waals surface area contributed by atoms with Gasteiger partial charge in [0.2, 0.25) is 0 Å². The van der Waals surface area contributed by atoms with E-state index >= 15 is 0 Å². The summed E-state index contributed by atoms with van der Waals surface area (Å²) < 4.78 is 10.9. The second-order valence-corrected chi connectivity index (χ2v) is 6.65. The van der Waals surface area contributed by atoms with Crippen LogP contribution in [0.25, 0.3) is 10.8 Å². The average Bonchev–Trinajstić information content (AvgIpc) is 3.04. The molecule has 2 heterocycles. The van der Waals surface area contributed by atoms with Gasteiger partial charge >= 0.3 is 0 Å². The number of hydrogen-bond donors (Lipinski definition) is 2. The Kier molecular flexibility index (Phi) is 5.09. The van der Waals surface area contributed by atoms with E-state index < -0.39 is 6.10 Å². The summed E-state index contributed by atoms with van der Waals surface area (Å²) in [6.07, 6.45) is 1.73. The Bertz CT molecular complexity index is 663. The summed E-state index contributed by atoms with van der Waals surface area (Å²) in [7, 11) is 0. The molecular formula is C16H20N2O4S. The quantitative estimate of drug-likeness (QED) is 0.772. The molecule has 0 saturated heterocycles. The molecule has 1 atom stereocenters. The molecule has 1 aliphatic rings. The second kappa shape index (κ2) is 7.25. The average molecular weight is 336 g/mol. The van der Waals surface area contributed by atoms with E-state index in [0.29, 0.717) is 29.0 Å². The van der Waals surface area contributed by atoms with Crippen LogP contribution < -0.4 is 5.32 Å². The highest BCUT2D eigenvalue weighted by molar-refractivity contribution is 7.13. The minimum atomic E-state index is -0.705. The number of aromatic nitrogens is 1. The first-order valence-corrected chi connectivity index (χ1v) is 8.56. The van der Waals surface area contributed by atoms with Gasteiger partial charge in [-0.2, -0.15) is 0 Å². The summed E-state index contributed by atoms with van der Waals surface area (Å²) in [5.74, 6) is 1.81. The van der Waals surface area contributed by atoms with Crippen LogP contribution in [0.1, 0.15) is 29.1 Å². The highest BCUT2D eigenvalue weighted by Gasteiger charge is 2.21. The number of aryl methyl sites for hydroxylation is 1. The van der Waals surface area contributed by atoms with Gasteiger partial charge in [0, 0.05) is 18.5 Å². The Morgan fingerprint density at radius 3 is 3.09 bits per heavy atom. The van der Waals surface area contributed by atoms with Crippen LogP contribution in [0.5, 0.6) is 0 Å². The summed E-state index contributed by atoms with van der Waals surface area (Å²) in [5, 5.41) is 14.8.